The molecule has 4 heteroatoms. The first-order chi connectivity index (χ1) is 7.66. The second-order valence-electron chi connectivity index (χ2n) is 3.87. The Labute approximate surface area is 94.7 Å². The number of nitrogens with one attached hydrogen (secondary N) is 1. The van der Waals surface area contributed by atoms with E-state index in [2.05, 4.69) is 47.5 Å². The Kier molecular flexibility index (Phi) is 2.90. The maximum Gasteiger partial charge on any atom is 0.321 e. The van der Waals surface area contributed by atoms with Gasteiger partial charge in [-0.15, -0.1) is 0 Å². The molecule has 1 aromatic heterocycles. The Hall–Kier alpha value is -1.84. The molecule has 0 saturated heterocycles. The summed E-state index contributed by atoms with van der Waals surface area (Å²) in [6, 6.07) is 6.73. The van der Waals surface area contributed by atoms with Gasteiger partial charge in [-0.1, -0.05) is 23.4 Å². The first kappa shape index (κ1) is 10.7. The molecule has 2 aromatic rings. The van der Waals surface area contributed by atoms with Crippen molar-refractivity contribution in [1.29, 1.82) is 0 Å². The van der Waals surface area contributed by atoms with E-state index in [1.807, 2.05) is 0 Å². The van der Waals surface area contributed by atoms with E-state index in [9.17, 15) is 0 Å². The molecule has 0 aliphatic carbocycles. The minimum absolute atomic E-state index is 0.472. The molecule has 84 valence electrons. The van der Waals surface area contributed by atoms with E-state index in [4.69, 9.17) is 4.52 Å². The van der Waals surface area contributed by atoms with Crippen LogP contribution >= 0.6 is 0 Å². The van der Waals surface area contributed by atoms with Crippen LogP contribution in [0.25, 0.3) is 0 Å². The summed E-state index contributed by atoms with van der Waals surface area (Å²) < 4.78 is 4.99. The lowest BCUT2D eigenvalue weighted by Crippen LogP contribution is -2.03. The molecule has 0 unspecified atom stereocenters. The fraction of sp³-hybridized carbons (Fsp3) is 0.333. The average molecular weight is 217 g/mol. The maximum atomic E-state index is 4.99. The summed E-state index contributed by atoms with van der Waals surface area (Å²) in [7, 11) is 0. The molecule has 0 atom stereocenters. The van der Waals surface area contributed by atoms with Crippen LogP contribution in [-0.4, -0.2) is 10.1 Å². The van der Waals surface area contributed by atoms with Crippen LogP contribution in [-0.2, 0) is 6.54 Å². The van der Waals surface area contributed by atoms with Gasteiger partial charge < -0.3 is 9.84 Å². The zero-order chi connectivity index (χ0) is 11.5. The van der Waals surface area contributed by atoms with E-state index < -0.39 is 0 Å². The number of nitrogens with zero attached hydrogens (tertiary/aromatic N) is 2. The van der Waals surface area contributed by atoms with E-state index in [0.29, 0.717) is 18.4 Å². The van der Waals surface area contributed by atoms with Crippen molar-refractivity contribution >= 4 is 6.01 Å². The van der Waals surface area contributed by atoms with Crippen LogP contribution < -0.4 is 5.32 Å². The molecular weight excluding hydrogens is 202 g/mol. The third kappa shape index (κ3) is 2.21. The molecule has 0 radical (unpaired) electrons. The molecule has 0 aliphatic heterocycles. The van der Waals surface area contributed by atoms with Crippen LogP contribution in [0.5, 0.6) is 0 Å². The molecule has 4 nitrogen and oxygen atoms in total. The summed E-state index contributed by atoms with van der Waals surface area (Å²) in [4.78, 5) is 4.10. The van der Waals surface area contributed by atoms with Crippen molar-refractivity contribution in [2.45, 2.75) is 27.3 Å². The zero-order valence-corrected chi connectivity index (χ0v) is 9.74. The van der Waals surface area contributed by atoms with Crippen molar-refractivity contribution in [3.8, 4) is 0 Å². The number of hydrogen-bond donors (Lipinski definition) is 1. The second kappa shape index (κ2) is 4.35. The summed E-state index contributed by atoms with van der Waals surface area (Å²) in [5, 5.41) is 6.85. The largest absolute Gasteiger partial charge is 0.334 e. The number of hydrogen-bond acceptors (Lipinski definition) is 4. The van der Waals surface area contributed by atoms with Gasteiger partial charge in [-0.25, -0.2) is 0 Å². The highest BCUT2D eigenvalue weighted by molar-refractivity contribution is 5.36. The standard InChI is InChI=1S/C12H15N3O/c1-8-5-4-6-9(2)11(8)7-13-12-14-10(3)15-16-12/h4-6H,7H2,1-3H3,(H,13,14,15). The van der Waals surface area contributed by atoms with Gasteiger partial charge in [-0.2, -0.15) is 4.98 Å². The van der Waals surface area contributed by atoms with Gasteiger partial charge in [0.1, 0.15) is 0 Å². The number of aryl methyl sites for hydroxylation is 3. The molecule has 1 aromatic carbocycles. The highest BCUT2D eigenvalue weighted by atomic mass is 16.5. The zero-order valence-electron chi connectivity index (χ0n) is 9.74. The summed E-state index contributed by atoms with van der Waals surface area (Å²) in [6.07, 6.45) is 0. The Balaban J connectivity index is 2.10. The Morgan fingerprint density at radius 2 is 1.88 bits per heavy atom. The summed E-state index contributed by atoms with van der Waals surface area (Å²) in [5.74, 6) is 0.643. The quantitative estimate of drug-likeness (QED) is 0.858. The molecule has 0 fully saturated rings. The first-order valence-electron chi connectivity index (χ1n) is 5.26. The number of aromatic nitrogens is 2. The lowest BCUT2D eigenvalue weighted by molar-refractivity contribution is 0.425. The Bertz CT molecular complexity index is 471. The molecule has 0 saturated carbocycles. The van der Waals surface area contributed by atoms with E-state index in [0.717, 1.165) is 0 Å². The lowest BCUT2D eigenvalue weighted by Gasteiger charge is -2.08. The highest BCUT2D eigenvalue weighted by Crippen LogP contribution is 2.14. The van der Waals surface area contributed by atoms with Crippen LogP contribution in [0.2, 0.25) is 0 Å². The fourth-order valence-electron chi connectivity index (χ4n) is 1.66. The molecule has 0 amide bonds. The van der Waals surface area contributed by atoms with Crippen molar-refractivity contribution in [3.63, 3.8) is 0 Å². The summed E-state index contributed by atoms with van der Waals surface area (Å²) in [6.45, 7) is 6.71. The van der Waals surface area contributed by atoms with Gasteiger partial charge in [-0.05, 0) is 37.5 Å². The minimum atomic E-state index is 0.472. The maximum absolute atomic E-state index is 4.99. The van der Waals surface area contributed by atoms with E-state index in [-0.39, 0.29) is 0 Å². The first-order valence-corrected chi connectivity index (χ1v) is 5.26. The second-order valence-corrected chi connectivity index (χ2v) is 3.87. The normalized spacial score (nSPS) is 10.4. The third-order valence-corrected chi connectivity index (χ3v) is 2.59. The van der Waals surface area contributed by atoms with Crippen molar-refractivity contribution in [2.75, 3.05) is 5.32 Å². The molecule has 1 heterocycles. The summed E-state index contributed by atoms with van der Waals surface area (Å²) >= 11 is 0. The van der Waals surface area contributed by atoms with Crippen molar-refractivity contribution in [1.82, 2.24) is 10.1 Å². The van der Waals surface area contributed by atoms with Gasteiger partial charge in [0.2, 0.25) is 0 Å². The monoisotopic (exact) mass is 217 g/mol. The van der Waals surface area contributed by atoms with Crippen LogP contribution in [0.15, 0.2) is 22.7 Å². The van der Waals surface area contributed by atoms with Gasteiger partial charge in [0, 0.05) is 6.54 Å². The SMILES string of the molecule is Cc1noc(NCc2c(C)cccc2C)n1. The lowest BCUT2D eigenvalue weighted by atomic mass is 10.0. The van der Waals surface area contributed by atoms with Crippen LogP contribution in [0.4, 0.5) is 6.01 Å². The predicted molar refractivity (Wildman–Crippen MR) is 62.3 cm³/mol. The number of benzene rings is 1. The van der Waals surface area contributed by atoms with Gasteiger partial charge in [0.25, 0.3) is 0 Å². The molecule has 0 bridgehead atoms. The minimum Gasteiger partial charge on any atom is -0.334 e. The smallest absolute Gasteiger partial charge is 0.321 e. The molecular formula is C12H15N3O. The molecule has 0 aliphatic rings. The van der Waals surface area contributed by atoms with Gasteiger partial charge >= 0.3 is 6.01 Å². The predicted octanol–water partition coefficient (Wildman–Crippen LogP) is 2.61. The van der Waals surface area contributed by atoms with E-state index in [1.165, 1.54) is 16.7 Å². The molecule has 1 N–H and O–H groups in total. The Morgan fingerprint density at radius 3 is 2.44 bits per heavy atom. The molecule has 0 spiro atoms. The van der Waals surface area contributed by atoms with Crippen LogP contribution in [0.3, 0.4) is 0 Å². The Morgan fingerprint density at radius 1 is 1.19 bits per heavy atom. The van der Waals surface area contributed by atoms with Gasteiger partial charge in [0.05, 0.1) is 0 Å². The van der Waals surface area contributed by atoms with Crippen molar-refractivity contribution in [3.05, 3.63) is 40.7 Å². The molecule has 2 rings (SSSR count). The van der Waals surface area contributed by atoms with Crippen molar-refractivity contribution in [2.24, 2.45) is 0 Å². The summed E-state index contributed by atoms with van der Waals surface area (Å²) in [5.41, 5.74) is 3.81. The molecule has 16 heavy (non-hydrogen) atoms. The van der Waals surface area contributed by atoms with Crippen LogP contribution in [0, 0.1) is 20.8 Å². The average Bonchev–Trinajstić information content (AvgIpc) is 2.63. The van der Waals surface area contributed by atoms with Gasteiger partial charge in [0.15, 0.2) is 5.82 Å². The fourth-order valence-corrected chi connectivity index (χ4v) is 1.66. The topological polar surface area (TPSA) is 51.0 Å². The third-order valence-electron chi connectivity index (χ3n) is 2.59. The van der Waals surface area contributed by atoms with Crippen LogP contribution in [0.1, 0.15) is 22.5 Å². The van der Waals surface area contributed by atoms with Gasteiger partial charge in [-0.3, -0.25) is 0 Å². The van der Waals surface area contributed by atoms with E-state index >= 15 is 0 Å². The van der Waals surface area contributed by atoms with Crippen molar-refractivity contribution < 1.29 is 4.52 Å². The van der Waals surface area contributed by atoms with E-state index in [1.54, 1.807) is 6.92 Å². The highest BCUT2D eigenvalue weighted by Gasteiger charge is 2.05. The number of anilines is 1. The number of rotatable bonds is 3.